The summed E-state index contributed by atoms with van der Waals surface area (Å²) in [6, 6.07) is 16.0. The first-order valence-corrected chi connectivity index (χ1v) is 8.06. The maximum absolute atomic E-state index is 12.7. The molecule has 0 atom stereocenters. The molecule has 1 aromatic carbocycles. The number of nitrogens with zero attached hydrogens (tertiary/aromatic N) is 3. The normalized spacial score (nSPS) is 10.1. The number of furan rings is 1. The molecular weight excluding hydrogens is 330 g/mol. The highest BCUT2D eigenvalue weighted by molar-refractivity contribution is 5.77. The summed E-state index contributed by atoms with van der Waals surface area (Å²) in [7, 11) is 0. The number of ether oxygens (including phenoxy) is 1. The average Bonchev–Trinajstić information content (AvgIpc) is 3.20. The molecule has 0 aliphatic rings. The van der Waals surface area contributed by atoms with Crippen LogP contribution in [0.1, 0.15) is 16.9 Å². The fourth-order valence-corrected chi connectivity index (χ4v) is 2.40. The lowest BCUT2D eigenvalue weighted by Gasteiger charge is -2.22. The first kappa shape index (κ1) is 17.2. The number of pyridine rings is 1. The molecule has 0 bridgehead atoms. The van der Waals surface area contributed by atoms with Crippen LogP contribution in [0.15, 0.2) is 71.6 Å². The first-order chi connectivity index (χ1) is 12.7. The summed E-state index contributed by atoms with van der Waals surface area (Å²) in [4.78, 5) is 18.4. The van der Waals surface area contributed by atoms with Gasteiger partial charge in [-0.15, -0.1) is 0 Å². The van der Waals surface area contributed by atoms with Crippen LogP contribution in [0.5, 0.6) is 5.75 Å². The van der Waals surface area contributed by atoms with Crippen molar-refractivity contribution >= 4 is 5.91 Å². The smallest absolute Gasteiger partial charge is 0.261 e. The van der Waals surface area contributed by atoms with Crippen LogP contribution in [0.2, 0.25) is 0 Å². The molecule has 0 fully saturated rings. The summed E-state index contributed by atoms with van der Waals surface area (Å²) in [6.45, 7) is 0.647. The molecule has 0 N–H and O–H groups in total. The summed E-state index contributed by atoms with van der Waals surface area (Å²) < 4.78 is 10.9. The Kier molecular flexibility index (Phi) is 5.63. The SMILES string of the molecule is N#Cc1ccc(OCC(=O)N(Cc2cccnc2)Cc2ccco2)cc1. The highest BCUT2D eigenvalue weighted by atomic mass is 16.5. The zero-order valence-electron chi connectivity index (χ0n) is 14.0. The van der Waals surface area contributed by atoms with Crippen molar-refractivity contribution in [1.29, 1.82) is 5.26 Å². The number of carbonyl (C=O) groups is 1. The van der Waals surface area contributed by atoms with Crippen molar-refractivity contribution in [3.05, 3.63) is 84.1 Å². The van der Waals surface area contributed by atoms with Crippen molar-refractivity contribution in [1.82, 2.24) is 9.88 Å². The van der Waals surface area contributed by atoms with Gasteiger partial charge in [0.2, 0.25) is 0 Å². The van der Waals surface area contributed by atoms with Gasteiger partial charge in [0, 0.05) is 18.9 Å². The van der Waals surface area contributed by atoms with E-state index < -0.39 is 0 Å². The molecule has 0 saturated heterocycles. The highest BCUT2D eigenvalue weighted by Gasteiger charge is 2.17. The summed E-state index contributed by atoms with van der Waals surface area (Å²) in [5.41, 5.74) is 1.46. The Morgan fingerprint density at radius 2 is 2.00 bits per heavy atom. The minimum atomic E-state index is -0.172. The molecule has 3 aromatic rings. The third kappa shape index (κ3) is 4.71. The predicted molar refractivity (Wildman–Crippen MR) is 93.9 cm³/mol. The van der Waals surface area contributed by atoms with Gasteiger partial charge < -0.3 is 14.1 Å². The number of nitriles is 1. The van der Waals surface area contributed by atoms with E-state index in [4.69, 9.17) is 14.4 Å². The van der Waals surface area contributed by atoms with Gasteiger partial charge in [-0.25, -0.2) is 0 Å². The molecule has 0 radical (unpaired) electrons. The van der Waals surface area contributed by atoms with Gasteiger partial charge in [0.05, 0.1) is 24.4 Å². The van der Waals surface area contributed by atoms with Crippen LogP contribution >= 0.6 is 0 Å². The minimum Gasteiger partial charge on any atom is -0.484 e. The number of rotatable bonds is 7. The summed E-state index contributed by atoms with van der Waals surface area (Å²) in [6.07, 6.45) is 5.00. The Bertz CT molecular complexity index is 869. The van der Waals surface area contributed by atoms with Crippen molar-refractivity contribution in [3.8, 4) is 11.8 Å². The fourth-order valence-electron chi connectivity index (χ4n) is 2.40. The van der Waals surface area contributed by atoms with Gasteiger partial charge in [0.1, 0.15) is 11.5 Å². The van der Waals surface area contributed by atoms with Crippen molar-refractivity contribution in [2.24, 2.45) is 0 Å². The lowest BCUT2D eigenvalue weighted by molar-refractivity contribution is -0.134. The van der Waals surface area contributed by atoms with Crippen LogP contribution in [-0.4, -0.2) is 22.4 Å². The summed E-state index contributed by atoms with van der Waals surface area (Å²) in [5.74, 6) is 1.06. The van der Waals surface area contributed by atoms with Crippen molar-refractivity contribution in [2.75, 3.05) is 6.61 Å². The molecule has 6 nitrogen and oxygen atoms in total. The van der Waals surface area contributed by atoms with Crippen LogP contribution in [0.3, 0.4) is 0 Å². The summed E-state index contributed by atoms with van der Waals surface area (Å²) >= 11 is 0. The van der Waals surface area contributed by atoms with Crippen molar-refractivity contribution < 1.29 is 13.9 Å². The van der Waals surface area contributed by atoms with E-state index in [0.717, 1.165) is 5.56 Å². The van der Waals surface area contributed by atoms with E-state index in [0.29, 0.717) is 30.2 Å². The van der Waals surface area contributed by atoms with Gasteiger partial charge in [-0.1, -0.05) is 6.07 Å². The first-order valence-electron chi connectivity index (χ1n) is 8.06. The van der Waals surface area contributed by atoms with Gasteiger partial charge in [-0.2, -0.15) is 5.26 Å². The van der Waals surface area contributed by atoms with Gasteiger partial charge in [0.15, 0.2) is 6.61 Å². The second-order valence-corrected chi connectivity index (χ2v) is 5.62. The Hall–Kier alpha value is -3.59. The lowest BCUT2D eigenvalue weighted by atomic mass is 10.2. The molecule has 0 unspecified atom stereocenters. The Morgan fingerprint density at radius 1 is 1.15 bits per heavy atom. The van der Waals surface area contributed by atoms with E-state index in [-0.39, 0.29) is 12.5 Å². The average molecular weight is 347 g/mol. The Morgan fingerprint density at radius 3 is 2.65 bits per heavy atom. The molecule has 1 amide bonds. The Labute approximate surface area is 151 Å². The maximum Gasteiger partial charge on any atom is 0.261 e. The third-order valence-corrected chi connectivity index (χ3v) is 3.72. The largest absolute Gasteiger partial charge is 0.484 e. The lowest BCUT2D eigenvalue weighted by Crippen LogP contribution is -2.34. The standard InChI is InChI=1S/C20H17N3O3/c21-11-16-5-7-18(8-6-16)26-15-20(24)23(14-19-4-2-10-25-19)13-17-3-1-9-22-12-17/h1-10,12H,13-15H2. The molecule has 6 heteroatoms. The van der Waals surface area contributed by atoms with Crippen LogP contribution in [0.4, 0.5) is 0 Å². The second kappa shape index (κ2) is 8.49. The van der Waals surface area contributed by atoms with E-state index in [1.165, 1.54) is 0 Å². The molecule has 0 aliphatic carbocycles. The second-order valence-electron chi connectivity index (χ2n) is 5.62. The Balaban J connectivity index is 1.66. The van der Waals surface area contributed by atoms with Gasteiger partial charge in [0.25, 0.3) is 5.91 Å². The van der Waals surface area contributed by atoms with Gasteiger partial charge >= 0.3 is 0 Å². The number of amides is 1. The molecule has 130 valence electrons. The molecule has 0 spiro atoms. The zero-order valence-corrected chi connectivity index (χ0v) is 14.0. The van der Waals surface area contributed by atoms with E-state index in [1.54, 1.807) is 53.9 Å². The monoisotopic (exact) mass is 347 g/mol. The molecule has 0 aliphatic heterocycles. The highest BCUT2D eigenvalue weighted by Crippen LogP contribution is 2.14. The van der Waals surface area contributed by atoms with E-state index in [2.05, 4.69) is 4.98 Å². The van der Waals surface area contributed by atoms with Gasteiger partial charge in [-0.3, -0.25) is 9.78 Å². The number of aromatic nitrogens is 1. The zero-order chi connectivity index (χ0) is 18.2. The molecule has 26 heavy (non-hydrogen) atoms. The third-order valence-electron chi connectivity index (χ3n) is 3.72. The van der Waals surface area contributed by atoms with Crippen LogP contribution in [0, 0.1) is 11.3 Å². The molecule has 0 saturated carbocycles. The number of hydrogen-bond donors (Lipinski definition) is 0. The van der Waals surface area contributed by atoms with E-state index in [1.807, 2.05) is 24.3 Å². The van der Waals surface area contributed by atoms with Crippen molar-refractivity contribution in [3.63, 3.8) is 0 Å². The molecule has 3 rings (SSSR count). The van der Waals surface area contributed by atoms with Crippen LogP contribution in [-0.2, 0) is 17.9 Å². The van der Waals surface area contributed by atoms with E-state index >= 15 is 0 Å². The minimum absolute atomic E-state index is 0.104. The number of carbonyl (C=O) groups excluding carboxylic acids is 1. The van der Waals surface area contributed by atoms with Gasteiger partial charge in [-0.05, 0) is 48.0 Å². The molecular formula is C20H17N3O3. The molecule has 2 aromatic heterocycles. The maximum atomic E-state index is 12.7. The fraction of sp³-hybridized carbons (Fsp3) is 0.150. The quantitative estimate of drug-likeness (QED) is 0.656. The predicted octanol–water partition coefficient (Wildman–Crippen LogP) is 3.15. The van der Waals surface area contributed by atoms with E-state index in [9.17, 15) is 4.79 Å². The topological polar surface area (TPSA) is 79.4 Å². The number of hydrogen-bond acceptors (Lipinski definition) is 5. The molecule has 2 heterocycles. The van der Waals surface area contributed by atoms with Crippen molar-refractivity contribution in [2.45, 2.75) is 13.1 Å². The summed E-state index contributed by atoms with van der Waals surface area (Å²) in [5, 5.41) is 8.82. The van der Waals surface area contributed by atoms with Crippen LogP contribution < -0.4 is 4.74 Å². The number of benzene rings is 1. The van der Waals surface area contributed by atoms with Crippen LogP contribution in [0.25, 0.3) is 0 Å².